The monoisotopic (exact) mass is 647 g/mol. The number of carboxylic acid groups (broad SMARTS) is 2. The van der Waals surface area contributed by atoms with Crippen LogP contribution in [0.5, 0.6) is 0 Å². The van der Waals surface area contributed by atoms with Crippen molar-refractivity contribution in [2.75, 3.05) is 5.75 Å². The minimum absolute atomic E-state index is 0.0136. The summed E-state index contributed by atoms with van der Waals surface area (Å²) in [6.07, 6.45) is 2.66. The maximum absolute atomic E-state index is 13.5. The predicted octanol–water partition coefficient (Wildman–Crippen LogP) is 3.21. The number of rotatable bonds is 11. The average molecular weight is 648 g/mol. The van der Waals surface area contributed by atoms with Crippen LogP contribution < -0.4 is 10.6 Å². The number of nitrogens with zero attached hydrogens (tertiary/aromatic N) is 3. The van der Waals surface area contributed by atoms with E-state index in [0.29, 0.717) is 24.0 Å². The summed E-state index contributed by atoms with van der Waals surface area (Å²) in [6.45, 7) is 5.11. The Labute approximate surface area is 264 Å². The molecule has 13 nitrogen and oxygen atoms in total. The molecule has 0 saturated carbocycles. The van der Waals surface area contributed by atoms with Gasteiger partial charge in [0.15, 0.2) is 15.5 Å². The van der Waals surface area contributed by atoms with Crippen LogP contribution in [0.25, 0.3) is 5.65 Å². The molecule has 0 saturated heterocycles. The zero-order valence-corrected chi connectivity index (χ0v) is 26.2. The van der Waals surface area contributed by atoms with E-state index in [1.54, 1.807) is 32.9 Å². The fourth-order valence-corrected chi connectivity index (χ4v) is 7.40. The van der Waals surface area contributed by atoms with Crippen molar-refractivity contribution in [1.29, 1.82) is 0 Å². The van der Waals surface area contributed by atoms with Crippen molar-refractivity contribution < 1.29 is 37.8 Å². The van der Waals surface area contributed by atoms with E-state index < -0.39 is 45.3 Å². The number of nitrogens with one attached hydrogen (secondary N) is 2. The van der Waals surface area contributed by atoms with Gasteiger partial charge in [-0.25, -0.2) is 22.7 Å². The molecule has 2 aromatic heterocycles. The van der Waals surface area contributed by atoms with Crippen LogP contribution in [0.1, 0.15) is 79.9 Å². The van der Waals surface area contributed by atoms with Crippen LogP contribution in [0.2, 0.25) is 0 Å². The molecular formula is C32H33N5O8S. The highest BCUT2D eigenvalue weighted by atomic mass is 32.2. The highest BCUT2D eigenvalue weighted by molar-refractivity contribution is 7.91. The van der Waals surface area contributed by atoms with E-state index in [4.69, 9.17) is 0 Å². The van der Waals surface area contributed by atoms with Gasteiger partial charge >= 0.3 is 11.9 Å². The molecule has 5 rings (SSSR count). The molecule has 2 aromatic carbocycles. The first-order valence-corrected chi connectivity index (χ1v) is 16.3. The van der Waals surface area contributed by atoms with Gasteiger partial charge in [0.05, 0.1) is 34.4 Å². The number of hydrogen-bond donors (Lipinski definition) is 4. The number of benzene rings is 2. The summed E-state index contributed by atoms with van der Waals surface area (Å²) in [7, 11) is -3.85. The maximum Gasteiger partial charge on any atom is 0.335 e. The number of sulfone groups is 1. The maximum atomic E-state index is 13.5. The molecule has 4 aromatic rings. The minimum atomic E-state index is -3.85. The summed E-state index contributed by atoms with van der Waals surface area (Å²) >= 11 is 0. The summed E-state index contributed by atoms with van der Waals surface area (Å²) in [5.74, 6) is -5.15. The van der Waals surface area contributed by atoms with Gasteiger partial charge in [-0.3, -0.25) is 14.4 Å². The van der Waals surface area contributed by atoms with Crippen LogP contribution in [0.15, 0.2) is 59.6 Å². The van der Waals surface area contributed by atoms with Crippen LogP contribution >= 0.6 is 0 Å². The van der Waals surface area contributed by atoms with Crippen LogP contribution in [0.3, 0.4) is 0 Å². The van der Waals surface area contributed by atoms with E-state index in [9.17, 15) is 37.8 Å². The predicted molar refractivity (Wildman–Crippen MR) is 165 cm³/mol. The number of aromatic nitrogens is 3. The van der Waals surface area contributed by atoms with Gasteiger partial charge in [0.25, 0.3) is 11.8 Å². The molecule has 0 spiro atoms. The van der Waals surface area contributed by atoms with Gasteiger partial charge in [-0.05, 0) is 66.1 Å². The number of amides is 2. The summed E-state index contributed by atoms with van der Waals surface area (Å²) in [5, 5.41) is 28.7. The molecular weight excluding hydrogens is 614 g/mol. The molecule has 0 unspecified atom stereocenters. The number of aliphatic carboxylic acids is 1. The minimum Gasteiger partial charge on any atom is -0.481 e. The van der Waals surface area contributed by atoms with Crippen LogP contribution in [0.4, 0.5) is 0 Å². The Hall–Kier alpha value is -5.11. The van der Waals surface area contributed by atoms with Gasteiger partial charge < -0.3 is 20.8 Å². The number of carbonyl (C=O) groups excluding carboxylic acids is 2. The Balaban J connectivity index is 1.29. The molecule has 2 atom stereocenters. The van der Waals surface area contributed by atoms with Crippen LogP contribution in [-0.4, -0.2) is 62.7 Å². The fourth-order valence-electron chi connectivity index (χ4n) is 5.65. The molecule has 0 radical (unpaired) electrons. The van der Waals surface area contributed by atoms with Crippen molar-refractivity contribution in [3.05, 3.63) is 93.9 Å². The summed E-state index contributed by atoms with van der Waals surface area (Å²) in [5.41, 5.74) is 3.58. The topological polar surface area (TPSA) is 197 Å². The SMILES string of the molecule is Cc1c(C(=O)O)ccc2c1CC[C@@H]2NC(=O)c1cc(C(=O)NCc2ccc(S(=O)(=O)C[C@@H](C(=O)O)C(C)C)cc2)nc2ccnn12. The summed E-state index contributed by atoms with van der Waals surface area (Å²) in [4.78, 5) is 54.0. The molecule has 240 valence electrons. The highest BCUT2D eigenvalue weighted by Gasteiger charge is 2.30. The van der Waals surface area contributed by atoms with E-state index in [1.165, 1.54) is 47.1 Å². The third kappa shape index (κ3) is 6.47. The molecule has 0 aliphatic heterocycles. The van der Waals surface area contributed by atoms with E-state index in [-0.39, 0.29) is 46.0 Å². The van der Waals surface area contributed by atoms with E-state index in [2.05, 4.69) is 20.7 Å². The Kier molecular flexibility index (Phi) is 8.92. The quantitative estimate of drug-likeness (QED) is 0.188. The van der Waals surface area contributed by atoms with E-state index in [1.807, 2.05) is 0 Å². The van der Waals surface area contributed by atoms with Crippen molar-refractivity contribution in [1.82, 2.24) is 25.2 Å². The van der Waals surface area contributed by atoms with Crippen molar-refractivity contribution in [3.8, 4) is 0 Å². The number of hydrogen-bond acceptors (Lipinski definition) is 8. The molecule has 2 amide bonds. The summed E-state index contributed by atoms with van der Waals surface area (Å²) < 4.78 is 26.9. The number of carbonyl (C=O) groups is 4. The molecule has 4 N–H and O–H groups in total. The second-order valence-electron chi connectivity index (χ2n) is 11.6. The molecule has 0 bridgehead atoms. The second kappa shape index (κ2) is 12.7. The van der Waals surface area contributed by atoms with Gasteiger partial charge in [0.1, 0.15) is 11.4 Å². The first-order valence-electron chi connectivity index (χ1n) is 14.6. The molecule has 2 heterocycles. The molecule has 1 aliphatic rings. The lowest BCUT2D eigenvalue weighted by Crippen LogP contribution is -2.30. The molecule has 14 heteroatoms. The van der Waals surface area contributed by atoms with Gasteiger partial charge in [-0.2, -0.15) is 5.10 Å². The zero-order chi connectivity index (χ0) is 33.3. The standard InChI is InChI=1S/C32H33N5O8S/c1-17(2)24(32(42)43)16-46(44,45)20-6-4-19(5-7-20)15-33-29(38)26-14-27(37-28(35-26)12-13-34-37)30(39)36-25-11-10-21-18(3)22(31(40)41)8-9-23(21)25/h4-9,12-14,17,24-25H,10-11,15-16H2,1-3H3,(H,33,38)(H,36,39)(H,40,41)(H,42,43)/t24-,25+/m1/s1. The fraction of sp³-hybridized carbons (Fsp3) is 0.312. The first kappa shape index (κ1) is 32.3. The van der Waals surface area contributed by atoms with Gasteiger partial charge in [0, 0.05) is 18.7 Å². The largest absolute Gasteiger partial charge is 0.481 e. The first-order chi connectivity index (χ1) is 21.8. The van der Waals surface area contributed by atoms with E-state index in [0.717, 1.165) is 11.1 Å². The average Bonchev–Trinajstić information content (AvgIpc) is 3.65. The second-order valence-corrected chi connectivity index (χ2v) is 13.6. The number of carboxylic acids is 2. The van der Waals surface area contributed by atoms with E-state index >= 15 is 0 Å². The molecule has 1 aliphatic carbocycles. The smallest absolute Gasteiger partial charge is 0.335 e. The third-order valence-electron chi connectivity index (χ3n) is 8.31. The lowest BCUT2D eigenvalue weighted by molar-refractivity contribution is -0.142. The Morgan fingerprint density at radius 2 is 1.74 bits per heavy atom. The van der Waals surface area contributed by atoms with Crippen LogP contribution in [-0.2, 0) is 27.6 Å². The van der Waals surface area contributed by atoms with Gasteiger partial charge in [0.2, 0.25) is 0 Å². The van der Waals surface area contributed by atoms with Gasteiger partial charge in [-0.15, -0.1) is 0 Å². The third-order valence-corrected chi connectivity index (χ3v) is 10.1. The molecule has 46 heavy (non-hydrogen) atoms. The Morgan fingerprint density at radius 3 is 2.39 bits per heavy atom. The van der Waals surface area contributed by atoms with Crippen molar-refractivity contribution in [2.24, 2.45) is 11.8 Å². The Bertz CT molecular complexity index is 1970. The summed E-state index contributed by atoms with van der Waals surface area (Å²) in [6, 6.07) is 11.6. The Morgan fingerprint density at radius 1 is 1.02 bits per heavy atom. The lowest BCUT2D eigenvalue weighted by Gasteiger charge is -2.16. The number of aromatic carboxylic acids is 1. The van der Waals surface area contributed by atoms with Gasteiger partial charge in [-0.1, -0.05) is 32.0 Å². The zero-order valence-electron chi connectivity index (χ0n) is 25.4. The van der Waals surface area contributed by atoms with Crippen molar-refractivity contribution in [2.45, 2.75) is 51.1 Å². The normalized spacial score (nSPS) is 15.0. The number of fused-ring (bicyclic) bond motifs is 2. The van der Waals surface area contributed by atoms with Crippen molar-refractivity contribution >= 4 is 39.2 Å². The highest BCUT2D eigenvalue weighted by Crippen LogP contribution is 2.35. The lowest BCUT2D eigenvalue weighted by atomic mass is 9.98. The van der Waals surface area contributed by atoms with Crippen LogP contribution in [0, 0.1) is 18.8 Å². The van der Waals surface area contributed by atoms with Crippen molar-refractivity contribution in [3.63, 3.8) is 0 Å². The molecule has 0 fully saturated rings.